The van der Waals surface area contributed by atoms with Crippen molar-refractivity contribution in [3.05, 3.63) is 67.9 Å². The number of hydrogen-bond acceptors (Lipinski definition) is 0. The molecule has 106 valence electrons. The number of hydrogen-bond donors (Lipinski definition) is 0. The molecule has 0 saturated heterocycles. The Morgan fingerprint density at radius 3 is 2.60 bits per heavy atom. The summed E-state index contributed by atoms with van der Waals surface area (Å²) in [7, 11) is 0. The summed E-state index contributed by atoms with van der Waals surface area (Å²) < 4.78 is 14.5. The topological polar surface area (TPSA) is 0 Å². The Bertz CT molecular complexity index is 641. The summed E-state index contributed by atoms with van der Waals surface area (Å²) in [5.74, 6) is -0.341. The average Bonchev–Trinajstić information content (AvgIpc) is 2.38. The van der Waals surface area contributed by atoms with Crippen LogP contribution in [0, 0.1) is 19.7 Å². The second kappa shape index (κ2) is 6.46. The minimum atomic E-state index is -0.443. The van der Waals surface area contributed by atoms with Crippen LogP contribution in [0.1, 0.15) is 27.6 Å². The number of halogens is 4. The van der Waals surface area contributed by atoms with Gasteiger partial charge in [0.2, 0.25) is 0 Å². The molecule has 0 aliphatic carbocycles. The van der Waals surface area contributed by atoms with Gasteiger partial charge in [0.25, 0.3) is 0 Å². The van der Waals surface area contributed by atoms with Crippen LogP contribution < -0.4 is 0 Å². The van der Waals surface area contributed by atoms with E-state index in [1.807, 2.05) is 13.8 Å². The maximum absolute atomic E-state index is 14.0. The van der Waals surface area contributed by atoms with E-state index in [1.54, 1.807) is 6.07 Å². The first-order chi connectivity index (χ1) is 9.38. The van der Waals surface area contributed by atoms with E-state index in [0.29, 0.717) is 21.5 Å². The summed E-state index contributed by atoms with van der Waals surface area (Å²) in [5.41, 5.74) is 3.89. The van der Waals surface area contributed by atoms with E-state index >= 15 is 0 Å². The minimum absolute atomic E-state index is 0.341. The van der Waals surface area contributed by atoms with E-state index in [2.05, 4.69) is 34.1 Å². The van der Waals surface area contributed by atoms with Gasteiger partial charge in [0.15, 0.2) is 0 Å². The Morgan fingerprint density at radius 2 is 1.90 bits per heavy atom. The molecule has 0 nitrogen and oxygen atoms in total. The third kappa shape index (κ3) is 3.55. The Labute approximate surface area is 137 Å². The first kappa shape index (κ1) is 15.8. The molecule has 0 aliphatic heterocycles. The molecule has 0 saturated carbocycles. The lowest BCUT2D eigenvalue weighted by molar-refractivity contribution is 0.605. The van der Waals surface area contributed by atoms with Crippen molar-refractivity contribution in [2.75, 3.05) is 0 Å². The molecule has 0 aromatic heterocycles. The van der Waals surface area contributed by atoms with Gasteiger partial charge in [0.05, 0.1) is 10.4 Å². The molecule has 2 rings (SSSR count). The Kier molecular flexibility index (Phi) is 5.11. The fourth-order valence-electron chi connectivity index (χ4n) is 2.10. The third-order valence-electron chi connectivity index (χ3n) is 3.28. The van der Waals surface area contributed by atoms with E-state index in [9.17, 15) is 4.39 Å². The van der Waals surface area contributed by atoms with E-state index in [0.717, 1.165) is 11.1 Å². The quantitative estimate of drug-likeness (QED) is 0.431. The molecular formula is C16H14BrCl2F. The molecule has 0 radical (unpaired) electrons. The third-order valence-corrected chi connectivity index (χ3v) is 4.87. The molecule has 0 heterocycles. The van der Waals surface area contributed by atoms with Crippen molar-refractivity contribution in [1.29, 1.82) is 0 Å². The molecule has 20 heavy (non-hydrogen) atoms. The largest absolute Gasteiger partial charge is 0.207 e. The number of rotatable bonds is 3. The highest BCUT2D eigenvalue weighted by Gasteiger charge is 2.17. The maximum Gasteiger partial charge on any atom is 0.129 e. The van der Waals surface area contributed by atoms with E-state index in [1.165, 1.54) is 11.6 Å². The van der Waals surface area contributed by atoms with Crippen LogP contribution in [-0.4, -0.2) is 0 Å². The normalized spacial score (nSPS) is 12.5. The van der Waals surface area contributed by atoms with Crippen LogP contribution in [0.3, 0.4) is 0 Å². The zero-order valence-electron chi connectivity index (χ0n) is 11.2. The lowest BCUT2D eigenvalue weighted by Gasteiger charge is -2.14. The van der Waals surface area contributed by atoms with Crippen molar-refractivity contribution in [2.45, 2.75) is 25.6 Å². The van der Waals surface area contributed by atoms with E-state index < -0.39 is 5.38 Å². The fraction of sp³-hybridized carbons (Fsp3) is 0.250. The monoisotopic (exact) mass is 374 g/mol. The van der Waals surface area contributed by atoms with Gasteiger partial charge in [-0.15, -0.1) is 11.6 Å². The molecule has 0 N–H and O–H groups in total. The van der Waals surface area contributed by atoms with Gasteiger partial charge in [-0.3, -0.25) is 0 Å². The molecule has 2 aromatic rings. The van der Waals surface area contributed by atoms with Crippen LogP contribution in [0.15, 0.2) is 34.8 Å². The molecule has 0 fully saturated rings. The molecule has 1 unspecified atom stereocenters. The smallest absolute Gasteiger partial charge is 0.129 e. The second-order valence-electron chi connectivity index (χ2n) is 4.89. The lowest BCUT2D eigenvalue weighted by atomic mass is 9.98. The maximum atomic E-state index is 14.0. The number of alkyl halides is 1. The van der Waals surface area contributed by atoms with Crippen LogP contribution in [0.25, 0.3) is 0 Å². The minimum Gasteiger partial charge on any atom is -0.207 e. The zero-order valence-corrected chi connectivity index (χ0v) is 14.3. The molecular weight excluding hydrogens is 362 g/mol. The van der Waals surface area contributed by atoms with Crippen molar-refractivity contribution in [3.63, 3.8) is 0 Å². The molecule has 0 bridgehead atoms. The Hall–Kier alpha value is -0.570. The molecule has 0 amide bonds. The molecule has 1 atom stereocenters. The summed E-state index contributed by atoms with van der Waals surface area (Å²) in [5, 5.41) is 0.0223. The van der Waals surface area contributed by atoms with Crippen LogP contribution in [0.4, 0.5) is 4.39 Å². The summed E-state index contributed by atoms with van der Waals surface area (Å²) >= 11 is 15.6. The van der Waals surface area contributed by atoms with Gasteiger partial charge in [-0.1, -0.05) is 35.4 Å². The highest BCUT2D eigenvalue weighted by molar-refractivity contribution is 9.10. The molecule has 4 heteroatoms. The highest BCUT2D eigenvalue weighted by atomic mass is 79.9. The van der Waals surface area contributed by atoms with Crippen molar-refractivity contribution in [1.82, 2.24) is 0 Å². The predicted molar refractivity (Wildman–Crippen MR) is 87.3 cm³/mol. The lowest BCUT2D eigenvalue weighted by Crippen LogP contribution is -2.01. The fourth-order valence-corrected chi connectivity index (χ4v) is 2.92. The summed E-state index contributed by atoms with van der Waals surface area (Å²) in [6.45, 7) is 4.06. The van der Waals surface area contributed by atoms with Gasteiger partial charge in [-0.2, -0.15) is 0 Å². The standard InChI is InChI=1S/C16H14BrCl2F/c1-9-3-4-10(2)11(5-9)6-14(18)12-7-15(19)13(17)8-16(12)20/h3-5,7-8,14H,6H2,1-2H3. The number of benzene rings is 2. The van der Waals surface area contributed by atoms with Crippen LogP contribution in [0.2, 0.25) is 5.02 Å². The van der Waals surface area contributed by atoms with Crippen LogP contribution in [0.5, 0.6) is 0 Å². The molecule has 0 aliphatic rings. The number of aryl methyl sites for hydroxylation is 2. The van der Waals surface area contributed by atoms with Gasteiger partial charge in [0.1, 0.15) is 5.82 Å². The van der Waals surface area contributed by atoms with Crippen LogP contribution in [-0.2, 0) is 6.42 Å². The Balaban J connectivity index is 2.30. The zero-order chi connectivity index (χ0) is 14.9. The summed E-state index contributed by atoms with van der Waals surface area (Å²) in [6, 6.07) is 9.14. The summed E-state index contributed by atoms with van der Waals surface area (Å²) in [6.07, 6.45) is 0.573. The second-order valence-corrected chi connectivity index (χ2v) is 6.68. The Morgan fingerprint density at radius 1 is 1.20 bits per heavy atom. The molecule has 2 aromatic carbocycles. The van der Waals surface area contributed by atoms with Crippen molar-refractivity contribution < 1.29 is 4.39 Å². The van der Waals surface area contributed by atoms with Gasteiger partial charge in [-0.05, 0) is 59.5 Å². The first-order valence-corrected chi connectivity index (χ1v) is 7.84. The van der Waals surface area contributed by atoms with Crippen molar-refractivity contribution in [3.8, 4) is 0 Å². The summed E-state index contributed by atoms with van der Waals surface area (Å²) in [4.78, 5) is 0. The predicted octanol–water partition coefficient (Wildman–Crippen LogP) is 6.38. The van der Waals surface area contributed by atoms with Crippen molar-refractivity contribution in [2.24, 2.45) is 0 Å². The van der Waals surface area contributed by atoms with Crippen molar-refractivity contribution >= 4 is 39.1 Å². The van der Waals surface area contributed by atoms with Gasteiger partial charge < -0.3 is 0 Å². The average molecular weight is 376 g/mol. The SMILES string of the molecule is Cc1ccc(C)c(CC(Cl)c2cc(Cl)c(Br)cc2F)c1. The van der Waals surface area contributed by atoms with Gasteiger partial charge in [0, 0.05) is 10.0 Å². The van der Waals surface area contributed by atoms with E-state index in [-0.39, 0.29) is 5.82 Å². The highest BCUT2D eigenvalue weighted by Crippen LogP contribution is 2.33. The first-order valence-electron chi connectivity index (χ1n) is 6.23. The van der Waals surface area contributed by atoms with Gasteiger partial charge >= 0.3 is 0 Å². The van der Waals surface area contributed by atoms with Crippen LogP contribution >= 0.6 is 39.1 Å². The van der Waals surface area contributed by atoms with E-state index in [4.69, 9.17) is 23.2 Å². The molecule has 0 spiro atoms. The van der Waals surface area contributed by atoms with Gasteiger partial charge in [-0.25, -0.2) is 4.39 Å².